The van der Waals surface area contributed by atoms with Gasteiger partial charge in [0.1, 0.15) is 23.9 Å². The van der Waals surface area contributed by atoms with E-state index >= 15 is 0 Å². The number of ether oxygens (including phenoxy) is 2. The molecular formula is C13H12F3N3O2. The molecule has 0 aliphatic rings. The lowest BCUT2D eigenvalue weighted by Gasteiger charge is -2.10. The number of hydrazine groups is 1. The topological polar surface area (TPSA) is 69.4 Å². The van der Waals surface area contributed by atoms with Gasteiger partial charge in [0.2, 0.25) is 0 Å². The Hall–Kier alpha value is -2.48. The molecule has 112 valence electrons. The summed E-state index contributed by atoms with van der Waals surface area (Å²) in [4.78, 5) is 3.94. The van der Waals surface area contributed by atoms with E-state index in [1.54, 1.807) is 18.3 Å². The summed E-state index contributed by atoms with van der Waals surface area (Å²) in [6, 6.07) is 8.59. The average molecular weight is 299 g/mol. The van der Waals surface area contributed by atoms with Gasteiger partial charge in [0.15, 0.2) is 0 Å². The molecule has 0 saturated heterocycles. The molecule has 2 aromatic rings. The molecule has 0 saturated carbocycles. The van der Waals surface area contributed by atoms with Gasteiger partial charge in [-0.15, -0.1) is 13.2 Å². The van der Waals surface area contributed by atoms with Crippen LogP contribution in [0.25, 0.3) is 0 Å². The molecule has 8 heteroatoms. The first-order valence-corrected chi connectivity index (χ1v) is 5.86. The molecule has 2 rings (SSSR count). The van der Waals surface area contributed by atoms with Crippen molar-refractivity contribution in [1.29, 1.82) is 0 Å². The first kappa shape index (κ1) is 14.9. The molecule has 0 atom stereocenters. The summed E-state index contributed by atoms with van der Waals surface area (Å²) in [6.07, 6.45) is -3.14. The van der Waals surface area contributed by atoms with Gasteiger partial charge in [-0.05, 0) is 42.0 Å². The number of aromatic nitrogens is 1. The van der Waals surface area contributed by atoms with E-state index < -0.39 is 6.36 Å². The van der Waals surface area contributed by atoms with Gasteiger partial charge in [-0.2, -0.15) is 0 Å². The average Bonchev–Trinajstić information content (AvgIpc) is 2.45. The van der Waals surface area contributed by atoms with E-state index in [9.17, 15) is 13.2 Å². The summed E-state index contributed by atoms with van der Waals surface area (Å²) in [7, 11) is 0. The lowest BCUT2D eigenvalue weighted by molar-refractivity contribution is -0.274. The molecule has 21 heavy (non-hydrogen) atoms. The second-order valence-corrected chi connectivity index (χ2v) is 4.00. The molecule has 0 aliphatic heterocycles. The Bertz CT molecular complexity index is 588. The minimum atomic E-state index is -4.70. The van der Waals surface area contributed by atoms with Gasteiger partial charge in [-0.1, -0.05) is 0 Å². The number of benzene rings is 1. The SMILES string of the molecule is NNc1cc(COc2ccc(OC(F)(F)F)cc2)ccn1. The normalized spacial score (nSPS) is 11.0. The van der Waals surface area contributed by atoms with E-state index in [0.717, 1.165) is 5.56 Å². The Kier molecular flexibility index (Phi) is 4.49. The summed E-state index contributed by atoms with van der Waals surface area (Å²) >= 11 is 0. The molecule has 0 radical (unpaired) electrons. The predicted octanol–water partition coefficient (Wildman–Crippen LogP) is 2.84. The third-order valence-electron chi connectivity index (χ3n) is 2.44. The van der Waals surface area contributed by atoms with Gasteiger partial charge < -0.3 is 14.9 Å². The number of rotatable bonds is 5. The molecule has 0 spiro atoms. The molecular weight excluding hydrogens is 287 g/mol. The van der Waals surface area contributed by atoms with E-state index in [4.69, 9.17) is 10.6 Å². The summed E-state index contributed by atoms with van der Waals surface area (Å²) in [5.74, 6) is 5.85. The first-order chi connectivity index (χ1) is 9.96. The number of anilines is 1. The molecule has 0 bridgehead atoms. The van der Waals surface area contributed by atoms with Crippen LogP contribution in [0.2, 0.25) is 0 Å². The maximum absolute atomic E-state index is 12.0. The number of nitrogens with one attached hydrogen (secondary N) is 1. The smallest absolute Gasteiger partial charge is 0.489 e. The van der Waals surface area contributed by atoms with E-state index in [1.807, 2.05) is 0 Å². The number of alkyl halides is 3. The number of halogens is 3. The summed E-state index contributed by atoms with van der Waals surface area (Å²) in [5.41, 5.74) is 3.22. The minimum absolute atomic E-state index is 0.233. The molecule has 3 N–H and O–H groups in total. The molecule has 5 nitrogen and oxygen atoms in total. The van der Waals surface area contributed by atoms with Crippen molar-refractivity contribution >= 4 is 5.82 Å². The quantitative estimate of drug-likeness (QED) is 0.656. The van der Waals surface area contributed by atoms with Crippen molar-refractivity contribution < 1.29 is 22.6 Å². The van der Waals surface area contributed by atoms with Crippen LogP contribution < -0.4 is 20.7 Å². The van der Waals surface area contributed by atoms with Crippen molar-refractivity contribution in [3.63, 3.8) is 0 Å². The van der Waals surface area contributed by atoms with Crippen LogP contribution in [0, 0.1) is 0 Å². The van der Waals surface area contributed by atoms with Gasteiger partial charge in [0.25, 0.3) is 0 Å². The number of pyridine rings is 1. The maximum atomic E-state index is 12.0. The molecule has 1 heterocycles. The zero-order valence-electron chi connectivity index (χ0n) is 10.7. The van der Waals surface area contributed by atoms with Crippen LogP contribution in [0.4, 0.5) is 19.0 Å². The van der Waals surface area contributed by atoms with Crippen LogP contribution in [0.1, 0.15) is 5.56 Å². The highest BCUT2D eigenvalue weighted by molar-refractivity contribution is 5.36. The number of hydrogen-bond donors (Lipinski definition) is 2. The van der Waals surface area contributed by atoms with Crippen molar-refractivity contribution in [2.45, 2.75) is 13.0 Å². The predicted molar refractivity (Wildman–Crippen MR) is 69.5 cm³/mol. The number of nitrogen functional groups attached to an aromatic ring is 1. The van der Waals surface area contributed by atoms with Crippen molar-refractivity contribution in [2.75, 3.05) is 5.43 Å². The van der Waals surface area contributed by atoms with Gasteiger partial charge in [0, 0.05) is 6.20 Å². The Morgan fingerprint density at radius 3 is 2.38 bits per heavy atom. The van der Waals surface area contributed by atoms with Crippen LogP contribution in [0.3, 0.4) is 0 Å². The van der Waals surface area contributed by atoms with Crippen molar-refractivity contribution in [2.24, 2.45) is 5.84 Å². The first-order valence-electron chi connectivity index (χ1n) is 5.86. The van der Waals surface area contributed by atoms with Crippen LogP contribution in [0.5, 0.6) is 11.5 Å². The molecule has 0 fully saturated rings. The summed E-state index contributed by atoms with van der Waals surface area (Å²) < 4.78 is 45.2. The van der Waals surface area contributed by atoms with E-state index in [1.165, 1.54) is 24.3 Å². The Morgan fingerprint density at radius 1 is 1.10 bits per heavy atom. The lowest BCUT2D eigenvalue weighted by atomic mass is 10.3. The fourth-order valence-electron chi connectivity index (χ4n) is 1.55. The zero-order valence-corrected chi connectivity index (χ0v) is 10.7. The zero-order chi connectivity index (χ0) is 15.3. The minimum Gasteiger partial charge on any atom is -0.489 e. The van der Waals surface area contributed by atoms with E-state index in [-0.39, 0.29) is 12.4 Å². The second-order valence-electron chi connectivity index (χ2n) is 4.00. The third-order valence-corrected chi connectivity index (χ3v) is 2.44. The van der Waals surface area contributed by atoms with Crippen LogP contribution in [0.15, 0.2) is 42.6 Å². The Labute approximate surface area is 118 Å². The fourth-order valence-corrected chi connectivity index (χ4v) is 1.55. The fraction of sp³-hybridized carbons (Fsp3) is 0.154. The lowest BCUT2D eigenvalue weighted by Crippen LogP contribution is -2.16. The van der Waals surface area contributed by atoms with Crippen molar-refractivity contribution in [1.82, 2.24) is 4.98 Å². The molecule has 0 unspecified atom stereocenters. The Balaban J connectivity index is 1.94. The summed E-state index contributed by atoms with van der Waals surface area (Å²) in [6.45, 7) is 0.233. The van der Waals surface area contributed by atoms with Gasteiger partial charge >= 0.3 is 6.36 Å². The molecule has 0 aliphatic carbocycles. The van der Waals surface area contributed by atoms with Crippen LogP contribution in [-0.2, 0) is 6.61 Å². The number of nitrogens with zero attached hydrogens (tertiary/aromatic N) is 1. The van der Waals surface area contributed by atoms with Crippen LogP contribution in [-0.4, -0.2) is 11.3 Å². The highest BCUT2D eigenvalue weighted by Crippen LogP contribution is 2.25. The third kappa shape index (κ3) is 4.84. The maximum Gasteiger partial charge on any atom is 0.573 e. The van der Waals surface area contributed by atoms with E-state index in [0.29, 0.717) is 11.6 Å². The van der Waals surface area contributed by atoms with Gasteiger partial charge in [-0.3, -0.25) is 0 Å². The molecule has 1 aromatic carbocycles. The Morgan fingerprint density at radius 2 is 1.76 bits per heavy atom. The van der Waals surface area contributed by atoms with E-state index in [2.05, 4.69) is 15.1 Å². The van der Waals surface area contributed by atoms with Crippen molar-refractivity contribution in [3.8, 4) is 11.5 Å². The van der Waals surface area contributed by atoms with Gasteiger partial charge in [0.05, 0.1) is 0 Å². The second kappa shape index (κ2) is 6.31. The largest absolute Gasteiger partial charge is 0.573 e. The van der Waals surface area contributed by atoms with Gasteiger partial charge in [-0.25, -0.2) is 10.8 Å². The van der Waals surface area contributed by atoms with Crippen LogP contribution >= 0.6 is 0 Å². The standard InChI is InChI=1S/C13H12F3N3O2/c14-13(15,16)21-11-3-1-10(2-4-11)20-8-9-5-6-18-12(7-9)19-17/h1-7H,8,17H2,(H,18,19). The monoisotopic (exact) mass is 299 g/mol. The summed E-state index contributed by atoms with van der Waals surface area (Å²) in [5, 5.41) is 0. The highest BCUT2D eigenvalue weighted by atomic mass is 19.4. The highest BCUT2D eigenvalue weighted by Gasteiger charge is 2.30. The molecule has 0 amide bonds. The van der Waals surface area contributed by atoms with Crippen molar-refractivity contribution in [3.05, 3.63) is 48.2 Å². The number of nitrogens with two attached hydrogens (primary N) is 1. The number of hydrogen-bond acceptors (Lipinski definition) is 5. The molecule has 1 aromatic heterocycles.